The number of hydrogen-bond acceptors (Lipinski definition) is 9. The van der Waals surface area contributed by atoms with Gasteiger partial charge in [0.2, 0.25) is 5.95 Å². The highest BCUT2D eigenvalue weighted by Crippen LogP contribution is 2.35. The summed E-state index contributed by atoms with van der Waals surface area (Å²) < 4.78 is 5.53. The molecular formula is C21H20N6O7. The van der Waals surface area contributed by atoms with E-state index in [1.807, 2.05) is 0 Å². The Morgan fingerprint density at radius 1 is 1.21 bits per heavy atom. The summed E-state index contributed by atoms with van der Waals surface area (Å²) in [6.07, 6.45) is -0.153. The third-order valence-corrected chi connectivity index (χ3v) is 5.29. The van der Waals surface area contributed by atoms with E-state index in [4.69, 9.17) is 15.4 Å². The Morgan fingerprint density at radius 3 is 2.62 bits per heavy atom. The number of rotatable bonds is 7. The maximum absolute atomic E-state index is 12.5. The van der Waals surface area contributed by atoms with Crippen molar-refractivity contribution in [2.45, 2.75) is 25.3 Å². The Balaban J connectivity index is 1.58. The summed E-state index contributed by atoms with van der Waals surface area (Å²) in [5.74, 6) is -2.44. The molecular weight excluding hydrogens is 448 g/mol. The normalized spacial score (nSPS) is 13.1. The molecule has 0 fully saturated rings. The number of H-pyrrole nitrogens is 1. The summed E-state index contributed by atoms with van der Waals surface area (Å²) in [6.45, 7) is 0.456. The van der Waals surface area contributed by atoms with E-state index in [1.54, 1.807) is 12.1 Å². The van der Waals surface area contributed by atoms with Crippen molar-refractivity contribution in [1.82, 2.24) is 20.4 Å². The van der Waals surface area contributed by atoms with Gasteiger partial charge in [0.15, 0.2) is 5.76 Å². The van der Waals surface area contributed by atoms with Crippen LogP contribution in [-0.4, -0.2) is 55.8 Å². The molecule has 3 aromatic rings. The Hall–Kier alpha value is -4.68. The number of amides is 1. The Bertz CT molecular complexity index is 1330. The van der Waals surface area contributed by atoms with Crippen LogP contribution in [0.2, 0.25) is 0 Å². The standard InChI is InChI=1S/C21H20N6O7/c22-21-25-17-14(19(31)26-21)15-11(7-8-23-17)16(34-27-15)9-1-3-10(4-2-9)18(30)24-12(20(32)33)5-6-13(28)29/h1-4,12H,5-8H2,(H,24,30)(H,28,29)(H,32,33)(H4,22,23,25,26,31)/t12-/m0/s1. The lowest BCUT2D eigenvalue weighted by molar-refractivity contribution is -0.140. The molecule has 1 aliphatic heterocycles. The molecule has 176 valence electrons. The summed E-state index contributed by atoms with van der Waals surface area (Å²) >= 11 is 0. The van der Waals surface area contributed by atoms with Crippen molar-refractivity contribution in [2.75, 3.05) is 17.6 Å². The number of aliphatic carboxylic acids is 2. The molecule has 1 atom stereocenters. The van der Waals surface area contributed by atoms with Gasteiger partial charge in [0.25, 0.3) is 11.5 Å². The van der Waals surface area contributed by atoms with E-state index in [-0.39, 0.29) is 23.5 Å². The summed E-state index contributed by atoms with van der Waals surface area (Å²) in [5, 5.41) is 27.4. The zero-order chi connectivity index (χ0) is 24.4. The summed E-state index contributed by atoms with van der Waals surface area (Å²) in [5.41, 5.74) is 7.18. The molecule has 0 aliphatic carbocycles. The zero-order valence-corrected chi connectivity index (χ0v) is 17.6. The minimum Gasteiger partial charge on any atom is -0.481 e. The smallest absolute Gasteiger partial charge is 0.326 e. The van der Waals surface area contributed by atoms with E-state index < -0.39 is 35.9 Å². The first-order valence-electron chi connectivity index (χ1n) is 10.2. The molecule has 0 saturated carbocycles. The number of fused-ring (bicyclic) bond motifs is 3. The van der Waals surface area contributed by atoms with Crippen LogP contribution in [0.4, 0.5) is 11.8 Å². The molecule has 1 aromatic carbocycles. The molecule has 0 bridgehead atoms. The number of nitrogens with zero attached hydrogens (tertiary/aromatic N) is 2. The highest BCUT2D eigenvalue weighted by Gasteiger charge is 2.27. The fraction of sp³-hybridized carbons (Fsp3) is 0.238. The number of aromatic amines is 1. The van der Waals surface area contributed by atoms with Crippen LogP contribution in [0.15, 0.2) is 33.6 Å². The van der Waals surface area contributed by atoms with Gasteiger partial charge in [-0.25, -0.2) is 4.79 Å². The van der Waals surface area contributed by atoms with Crippen LogP contribution in [0.5, 0.6) is 0 Å². The second-order valence-electron chi connectivity index (χ2n) is 7.56. The van der Waals surface area contributed by atoms with Gasteiger partial charge < -0.3 is 31.1 Å². The molecule has 34 heavy (non-hydrogen) atoms. The highest BCUT2D eigenvalue weighted by molar-refractivity contribution is 5.97. The maximum atomic E-state index is 12.5. The molecule has 7 N–H and O–H groups in total. The number of carbonyl (C=O) groups excluding carboxylic acids is 1. The van der Waals surface area contributed by atoms with Gasteiger partial charge in [-0.2, -0.15) is 4.98 Å². The van der Waals surface area contributed by atoms with E-state index >= 15 is 0 Å². The van der Waals surface area contributed by atoms with Gasteiger partial charge >= 0.3 is 11.9 Å². The molecule has 2 aromatic heterocycles. The number of nitrogen functional groups attached to an aromatic ring is 1. The SMILES string of the molecule is Nc1nc2c(c(=O)[nH]1)-c1noc(-c3ccc(C(=O)N[C@@H](CCC(=O)O)C(=O)O)cc3)c1CCN2. The van der Waals surface area contributed by atoms with Crippen LogP contribution >= 0.6 is 0 Å². The first-order valence-corrected chi connectivity index (χ1v) is 10.2. The van der Waals surface area contributed by atoms with Gasteiger partial charge in [0.05, 0.1) is 0 Å². The van der Waals surface area contributed by atoms with Crippen LogP contribution in [0.3, 0.4) is 0 Å². The molecule has 0 saturated heterocycles. The molecule has 13 heteroatoms. The number of nitrogens with two attached hydrogens (primary N) is 1. The van der Waals surface area contributed by atoms with Gasteiger partial charge in [-0.05, 0) is 25.0 Å². The third kappa shape index (κ3) is 4.44. The predicted molar refractivity (Wildman–Crippen MR) is 118 cm³/mol. The molecule has 4 rings (SSSR count). The molecule has 0 spiro atoms. The first kappa shape index (κ1) is 22.5. The second-order valence-corrected chi connectivity index (χ2v) is 7.56. The van der Waals surface area contributed by atoms with E-state index in [0.717, 1.165) is 0 Å². The Morgan fingerprint density at radius 2 is 1.94 bits per heavy atom. The van der Waals surface area contributed by atoms with Crippen LogP contribution in [0.25, 0.3) is 22.6 Å². The first-order chi connectivity index (χ1) is 16.2. The monoisotopic (exact) mass is 468 g/mol. The van der Waals surface area contributed by atoms with E-state index in [2.05, 4.69) is 25.8 Å². The zero-order valence-electron chi connectivity index (χ0n) is 17.6. The minimum atomic E-state index is -1.33. The molecule has 0 radical (unpaired) electrons. The number of aromatic nitrogens is 3. The van der Waals surface area contributed by atoms with Crippen molar-refractivity contribution in [3.05, 3.63) is 45.7 Å². The van der Waals surface area contributed by atoms with Crippen LogP contribution in [-0.2, 0) is 16.0 Å². The van der Waals surface area contributed by atoms with Crippen LogP contribution < -0.4 is 21.9 Å². The van der Waals surface area contributed by atoms with E-state index in [0.29, 0.717) is 41.4 Å². The van der Waals surface area contributed by atoms with Crippen molar-refractivity contribution < 1.29 is 29.1 Å². The summed E-state index contributed by atoms with van der Waals surface area (Å²) in [6, 6.07) is 4.84. The maximum Gasteiger partial charge on any atom is 0.326 e. The Kier molecular flexibility index (Phi) is 5.99. The molecule has 13 nitrogen and oxygen atoms in total. The summed E-state index contributed by atoms with van der Waals surface area (Å²) in [7, 11) is 0. The number of carbonyl (C=O) groups is 3. The van der Waals surface area contributed by atoms with Crippen molar-refractivity contribution >= 4 is 29.6 Å². The van der Waals surface area contributed by atoms with Gasteiger partial charge in [0, 0.05) is 29.7 Å². The number of nitrogens with one attached hydrogen (secondary N) is 3. The Labute approximate surface area is 191 Å². The molecule has 3 heterocycles. The minimum absolute atomic E-state index is 0.0228. The van der Waals surface area contributed by atoms with Crippen molar-refractivity contribution in [3.63, 3.8) is 0 Å². The average Bonchev–Trinajstić information content (AvgIpc) is 3.10. The average molecular weight is 468 g/mol. The number of carboxylic acid groups (broad SMARTS) is 2. The van der Waals surface area contributed by atoms with Crippen molar-refractivity contribution in [1.29, 1.82) is 0 Å². The molecule has 1 amide bonds. The fourth-order valence-electron chi connectivity index (χ4n) is 3.65. The van der Waals surface area contributed by atoms with Crippen molar-refractivity contribution in [3.8, 4) is 22.6 Å². The second kappa shape index (κ2) is 9.05. The summed E-state index contributed by atoms with van der Waals surface area (Å²) in [4.78, 5) is 53.5. The number of benzene rings is 1. The van der Waals surface area contributed by atoms with Gasteiger partial charge in [-0.15, -0.1) is 0 Å². The quantitative estimate of drug-likeness (QED) is 0.284. The van der Waals surface area contributed by atoms with Crippen LogP contribution in [0, 0.1) is 0 Å². The lowest BCUT2D eigenvalue weighted by Gasteiger charge is -2.13. The predicted octanol–water partition coefficient (Wildman–Crippen LogP) is 0.690. The number of hydrogen-bond donors (Lipinski definition) is 6. The van der Waals surface area contributed by atoms with Crippen molar-refractivity contribution in [2.24, 2.45) is 0 Å². The lowest BCUT2D eigenvalue weighted by atomic mass is 10.0. The van der Waals surface area contributed by atoms with E-state index in [9.17, 15) is 24.3 Å². The largest absolute Gasteiger partial charge is 0.481 e. The lowest BCUT2D eigenvalue weighted by Crippen LogP contribution is -2.41. The van der Waals surface area contributed by atoms with Gasteiger partial charge in [-0.3, -0.25) is 19.4 Å². The molecule has 1 aliphatic rings. The highest BCUT2D eigenvalue weighted by atomic mass is 16.5. The molecule has 0 unspecified atom stereocenters. The number of carboxylic acids is 2. The van der Waals surface area contributed by atoms with Crippen LogP contribution in [0.1, 0.15) is 28.8 Å². The number of anilines is 2. The third-order valence-electron chi connectivity index (χ3n) is 5.29. The van der Waals surface area contributed by atoms with Gasteiger partial charge in [-0.1, -0.05) is 17.3 Å². The van der Waals surface area contributed by atoms with E-state index in [1.165, 1.54) is 12.1 Å². The fourth-order valence-corrected chi connectivity index (χ4v) is 3.65. The topological polar surface area (TPSA) is 214 Å². The van der Waals surface area contributed by atoms with Gasteiger partial charge in [0.1, 0.15) is 23.1 Å².